The van der Waals surface area contributed by atoms with E-state index in [1.807, 2.05) is 0 Å². The van der Waals surface area contributed by atoms with E-state index in [0.717, 1.165) is 5.56 Å². The van der Waals surface area contributed by atoms with E-state index < -0.39 is 24.0 Å². The summed E-state index contributed by atoms with van der Waals surface area (Å²) >= 11 is 0. The third kappa shape index (κ3) is 4.79. The van der Waals surface area contributed by atoms with Crippen molar-refractivity contribution < 1.29 is 23.9 Å². The van der Waals surface area contributed by atoms with Gasteiger partial charge in [-0.1, -0.05) is 0 Å². The summed E-state index contributed by atoms with van der Waals surface area (Å²) in [4.78, 5) is 50.7. The number of ether oxygens (including phenoxy) is 1. The zero-order valence-electron chi connectivity index (χ0n) is 17.3. The maximum Gasteiger partial charge on any atom is 0.328 e. The molecule has 162 valence electrons. The first kappa shape index (κ1) is 21.8. The summed E-state index contributed by atoms with van der Waals surface area (Å²) in [6.45, 7) is 4.52. The van der Waals surface area contributed by atoms with E-state index in [0.29, 0.717) is 37.2 Å². The van der Waals surface area contributed by atoms with Gasteiger partial charge < -0.3 is 26.0 Å². The number of nitrogens with two attached hydrogens (primary N) is 1. The third-order valence-electron chi connectivity index (χ3n) is 5.53. The summed E-state index contributed by atoms with van der Waals surface area (Å²) in [5, 5.41) is 5.54. The van der Waals surface area contributed by atoms with Gasteiger partial charge in [0.1, 0.15) is 6.04 Å². The van der Waals surface area contributed by atoms with E-state index in [4.69, 9.17) is 10.5 Å². The fraction of sp³-hybridized carbons (Fsp3) is 0.524. The summed E-state index contributed by atoms with van der Waals surface area (Å²) in [5.41, 5.74) is 7.51. The number of fused-ring (bicyclic) bond motifs is 1. The average Bonchev–Trinajstić information content (AvgIpc) is 3.10. The van der Waals surface area contributed by atoms with Gasteiger partial charge in [-0.15, -0.1) is 0 Å². The van der Waals surface area contributed by atoms with Gasteiger partial charge in [0.05, 0.1) is 19.1 Å². The molecule has 1 saturated heterocycles. The zero-order valence-corrected chi connectivity index (χ0v) is 17.3. The predicted octanol–water partition coefficient (Wildman–Crippen LogP) is 0.429. The topological polar surface area (TPSA) is 131 Å². The van der Waals surface area contributed by atoms with Crippen LogP contribution >= 0.6 is 0 Å². The molecule has 2 atom stereocenters. The normalized spacial score (nSPS) is 18.2. The number of hydrogen-bond acceptors (Lipinski definition) is 6. The highest BCUT2D eigenvalue weighted by atomic mass is 16.5. The SMILES string of the molecule is CCOC(=O)C(NC(=O)c1ccc2c(c1)CC(=O)N2)C1CCN(C(=O)C(C)N)CC1. The summed E-state index contributed by atoms with van der Waals surface area (Å²) in [7, 11) is 0. The molecule has 0 aromatic heterocycles. The first-order valence-corrected chi connectivity index (χ1v) is 10.2. The van der Waals surface area contributed by atoms with Gasteiger partial charge in [-0.25, -0.2) is 4.79 Å². The molecule has 1 aromatic carbocycles. The molecule has 0 saturated carbocycles. The van der Waals surface area contributed by atoms with Crippen LogP contribution in [0.2, 0.25) is 0 Å². The maximum absolute atomic E-state index is 12.8. The van der Waals surface area contributed by atoms with E-state index in [1.165, 1.54) is 0 Å². The van der Waals surface area contributed by atoms with Gasteiger partial charge in [0.25, 0.3) is 5.91 Å². The second-order valence-electron chi connectivity index (χ2n) is 7.75. The Bertz CT molecular complexity index is 846. The Morgan fingerprint density at radius 3 is 2.63 bits per heavy atom. The molecule has 2 heterocycles. The van der Waals surface area contributed by atoms with Crippen LogP contribution in [0.1, 0.15) is 42.6 Å². The lowest BCUT2D eigenvalue weighted by Crippen LogP contribution is -2.52. The lowest BCUT2D eigenvalue weighted by molar-refractivity contribution is -0.147. The number of anilines is 1. The minimum atomic E-state index is -0.807. The quantitative estimate of drug-likeness (QED) is 0.577. The van der Waals surface area contributed by atoms with Crippen molar-refractivity contribution >= 4 is 29.4 Å². The molecule has 2 unspecified atom stereocenters. The molecule has 3 rings (SSSR count). The van der Waals surface area contributed by atoms with Gasteiger partial charge in [0.15, 0.2) is 0 Å². The molecule has 9 heteroatoms. The minimum Gasteiger partial charge on any atom is -0.464 e. The zero-order chi connectivity index (χ0) is 21.8. The number of carbonyl (C=O) groups is 4. The van der Waals surface area contributed by atoms with Crippen molar-refractivity contribution in [2.75, 3.05) is 25.0 Å². The number of piperidine rings is 1. The minimum absolute atomic E-state index is 0.111. The molecule has 1 aromatic rings. The Morgan fingerprint density at radius 1 is 1.30 bits per heavy atom. The Kier molecular flexibility index (Phi) is 6.71. The van der Waals surface area contributed by atoms with E-state index in [2.05, 4.69) is 10.6 Å². The van der Waals surface area contributed by atoms with Gasteiger partial charge in [0.2, 0.25) is 11.8 Å². The molecule has 2 aliphatic heterocycles. The fourth-order valence-electron chi connectivity index (χ4n) is 3.94. The van der Waals surface area contributed by atoms with Crippen LogP contribution in [0.15, 0.2) is 18.2 Å². The van der Waals surface area contributed by atoms with Crippen molar-refractivity contribution in [2.24, 2.45) is 11.7 Å². The Labute approximate surface area is 175 Å². The first-order valence-electron chi connectivity index (χ1n) is 10.2. The molecule has 0 bridgehead atoms. The van der Waals surface area contributed by atoms with E-state index in [9.17, 15) is 19.2 Å². The van der Waals surface area contributed by atoms with Crippen LogP contribution in [0.5, 0.6) is 0 Å². The van der Waals surface area contributed by atoms with Crippen molar-refractivity contribution in [3.05, 3.63) is 29.3 Å². The molecule has 4 N–H and O–H groups in total. The lowest BCUT2D eigenvalue weighted by Gasteiger charge is -2.36. The van der Waals surface area contributed by atoms with Crippen molar-refractivity contribution in [1.29, 1.82) is 0 Å². The molecule has 9 nitrogen and oxygen atoms in total. The predicted molar refractivity (Wildman–Crippen MR) is 110 cm³/mol. The molecular formula is C21H28N4O5. The van der Waals surface area contributed by atoms with Crippen LogP contribution in [0.3, 0.4) is 0 Å². The maximum atomic E-state index is 12.8. The molecule has 1 fully saturated rings. The van der Waals surface area contributed by atoms with Crippen LogP contribution < -0.4 is 16.4 Å². The van der Waals surface area contributed by atoms with Gasteiger partial charge in [-0.3, -0.25) is 14.4 Å². The van der Waals surface area contributed by atoms with Crippen LogP contribution in [0.4, 0.5) is 5.69 Å². The van der Waals surface area contributed by atoms with Crippen molar-refractivity contribution in [2.45, 2.75) is 45.2 Å². The van der Waals surface area contributed by atoms with Gasteiger partial charge in [0, 0.05) is 24.3 Å². The molecule has 0 spiro atoms. The molecular weight excluding hydrogens is 388 g/mol. The Hall–Kier alpha value is -2.94. The van der Waals surface area contributed by atoms with Crippen molar-refractivity contribution in [3.63, 3.8) is 0 Å². The number of nitrogens with zero attached hydrogens (tertiary/aromatic N) is 1. The number of likely N-dealkylation sites (tertiary alicyclic amines) is 1. The highest BCUT2D eigenvalue weighted by Gasteiger charge is 2.35. The van der Waals surface area contributed by atoms with Crippen LogP contribution in [-0.2, 0) is 25.5 Å². The standard InChI is InChI=1S/C21H28N4O5/c1-3-30-21(29)18(13-6-8-25(9-7-13)20(28)12(2)22)24-19(27)14-4-5-16-15(10-14)11-17(26)23-16/h4-5,10,12-13,18H,3,6-9,11,22H2,1-2H3,(H,23,26)(H,24,27). The van der Waals surface area contributed by atoms with Crippen molar-refractivity contribution in [3.8, 4) is 0 Å². The summed E-state index contributed by atoms with van der Waals surface area (Å²) in [6.07, 6.45) is 1.35. The van der Waals surface area contributed by atoms with E-state index in [-0.39, 0.29) is 30.8 Å². The van der Waals surface area contributed by atoms with Crippen LogP contribution in [0.25, 0.3) is 0 Å². The number of rotatable bonds is 6. The molecule has 0 aliphatic carbocycles. The molecule has 3 amide bonds. The monoisotopic (exact) mass is 416 g/mol. The average molecular weight is 416 g/mol. The van der Waals surface area contributed by atoms with Crippen molar-refractivity contribution in [1.82, 2.24) is 10.2 Å². The van der Waals surface area contributed by atoms with E-state index in [1.54, 1.807) is 36.9 Å². The lowest BCUT2D eigenvalue weighted by atomic mass is 9.88. The third-order valence-corrected chi connectivity index (χ3v) is 5.53. The van der Waals surface area contributed by atoms with Gasteiger partial charge in [-0.05, 0) is 56.4 Å². The highest BCUT2D eigenvalue weighted by Crippen LogP contribution is 2.25. The Morgan fingerprint density at radius 2 is 2.00 bits per heavy atom. The number of benzene rings is 1. The smallest absolute Gasteiger partial charge is 0.328 e. The number of nitrogens with one attached hydrogen (secondary N) is 2. The number of carbonyl (C=O) groups excluding carboxylic acids is 4. The Balaban J connectivity index is 1.70. The second-order valence-corrected chi connectivity index (χ2v) is 7.75. The largest absolute Gasteiger partial charge is 0.464 e. The summed E-state index contributed by atoms with van der Waals surface area (Å²) in [5.74, 6) is -1.26. The molecule has 2 aliphatic rings. The highest BCUT2D eigenvalue weighted by molar-refractivity contribution is 6.02. The first-order chi connectivity index (χ1) is 14.3. The molecule has 0 radical (unpaired) electrons. The van der Waals surface area contributed by atoms with E-state index >= 15 is 0 Å². The van der Waals surface area contributed by atoms with Crippen LogP contribution in [0, 0.1) is 5.92 Å². The fourth-order valence-corrected chi connectivity index (χ4v) is 3.94. The summed E-state index contributed by atoms with van der Waals surface area (Å²) in [6, 6.07) is 3.59. The number of amides is 3. The van der Waals surface area contributed by atoms with Crippen LogP contribution in [-0.4, -0.2) is 60.4 Å². The van der Waals surface area contributed by atoms with Gasteiger partial charge >= 0.3 is 5.97 Å². The number of hydrogen-bond donors (Lipinski definition) is 3. The molecule has 30 heavy (non-hydrogen) atoms. The second kappa shape index (κ2) is 9.25. The van der Waals surface area contributed by atoms with Gasteiger partial charge in [-0.2, -0.15) is 0 Å². The summed E-state index contributed by atoms with van der Waals surface area (Å²) < 4.78 is 5.19. The number of esters is 1.